The minimum absolute atomic E-state index is 0.178. The van der Waals surface area contributed by atoms with E-state index in [1.54, 1.807) is 6.26 Å². The zero-order valence-corrected chi connectivity index (χ0v) is 14.7. The number of oxazole rings is 1. The van der Waals surface area contributed by atoms with Crippen molar-refractivity contribution in [3.05, 3.63) is 46.9 Å². The molecule has 6 nitrogen and oxygen atoms in total. The molecule has 0 unspecified atom stereocenters. The van der Waals surface area contributed by atoms with E-state index in [9.17, 15) is 9.18 Å². The second-order valence-corrected chi connectivity index (χ2v) is 6.55. The highest BCUT2D eigenvalue weighted by molar-refractivity contribution is 6.30. The molecule has 8 heteroatoms. The van der Waals surface area contributed by atoms with E-state index in [1.165, 1.54) is 18.2 Å². The van der Waals surface area contributed by atoms with Gasteiger partial charge in [0.2, 0.25) is 5.91 Å². The molecule has 0 spiro atoms. The van der Waals surface area contributed by atoms with E-state index in [1.807, 2.05) is 6.92 Å². The van der Waals surface area contributed by atoms with Gasteiger partial charge in [-0.15, -0.1) is 0 Å². The van der Waals surface area contributed by atoms with Crippen LogP contribution in [0.1, 0.15) is 11.6 Å². The summed E-state index contributed by atoms with van der Waals surface area (Å²) in [6.07, 6.45) is 1.68. The molecule has 134 valence electrons. The van der Waals surface area contributed by atoms with Crippen molar-refractivity contribution in [2.75, 3.05) is 38.0 Å². The van der Waals surface area contributed by atoms with Gasteiger partial charge in [-0.1, -0.05) is 11.6 Å². The van der Waals surface area contributed by atoms with Crippen molar-refractivity contribution in [2.24, 2.45) is 0 Å². The van der Waals surface area contributed by atoms with Gasteiger partial charge in [0, 0.05) is 50.4 Å². The van der Waals surface area contributed by atoms with Crippen LogP contribution < -0.4 is 5.32 Å². The van der Waals surface area contributed by atoms with Crippen LogP contribution in [0.5, 0.6) is 0 Å². The van der Waals surface area contributed by atoms with Gasteiger partial charge in [0.15, 0.2) is 5.89 Å². The molecule has 1 fully saturated rings. The Morgan fingerprint density at radius 3 is 2.64 bits per heavy atom. The molecule has 0 radical (unpaired) electrons. The number of carbonyl (C=O) groups is 1. The van der Waals surface area contributed by atoms with Crippen molar-refractivity contribution < 1.29 is 13.6 Å². The van der Waals surface area contributed by atoms with Crippen LogP contribution in [0.3, 0.4) is 0 Å². The monoisotopic (exact) mass is 366 g/mol. The van der Waals surface area contributed by atoms with Gasteiger partial charge in [0.25, 0.3) is 0 Å². The number of anilines is 1. The van der Waals surface area contributed by atoms with Crippen molar-refractivity contribution in [1.29, 1.82) is 0 Å². The van der Waals surface area contributed by atoms with Gasteiger partial charge < -0.3 is 9.73 Å². The quantitative estimate of drug-likeness (QED) is 0.881. The van der Waals surface area contributed by atoms with Gasteiger partial charge in [0.05, 0.1) is 12.2 Å². The summed E-state index contributed by atoms with van der Waals surface area (Å²) in [7, 11) is 0. The summed E-state index contributed by atoms with van der Waals surface area (Å²) in [4.78, 5) is 20.8. The Morgan fingerprint density at radius 2 is 2.00 bits per heavy atom. The lowest BCUT2D eigenvalue weighted by atomic mass is 10.2. The molecular weight excluding hydrogens is 347 g/mol. The number of aryl methyl sites for hydroxylation is 1. The predicted molar refractivity (Wildman–Crippen MR) is 93.0 cm³/mol. The average Bonchev–Trinajstić information content (AvgIpc) is 2.93. The summed E-state index contributed by atoms with van der Waals surface area (Å²) in [6.45, 7) is 6.12. The Labute approximate surface area is 150 Å². The van der Waals surface area contributed by atoms with Gasteiger partial charge >= 0.3 is 0 Å². The summed E-state index contributed by atoms with van der Waals surface area (Å²) in [5.74, 6) is 0.0181. The van der Waals surface area contributed by atoms with E-state index in [0.717, 1.165) is 38.4 Å². The largest absolute Gasteiger partial charge is 0.449 e. The number of nitrogens with one attached hydrogen (secondary N) is 1. The van der Waals surface area contributed by atoms with Gasteiger partial charge in [-0.3, -0.25) is 14.6 Å². The highest BCUT2D eigenvalue weighted by Crippen LogP contribution is 2.18. The van der Waals surface area contributed by atoms with Crippen LogP contribution in [-0.4, -0.2) is 53.4 Å². The van der Waals surface area contributed by atoms with Crippen LogP contribution in [0.15, 0.2) is 28.9 Å². The topological polar surface area (TPSA) is 61.6 Å². The molecule has 0 saturated carbocycles. The summed E-state index contributed by atoms with van der Waals surface area (Å²) >= 11 is 5.79. The van der Waals surface area contributed by atoms with E-state index in [2.05, 4.69) is 20.1 Å². The molecular formula is C17H20ClFN4O2. The number of halogens is 2. The first-order valence-electron chi connectivity index (χ1n) is 8.09. The van der Waals surface area contributed by atoms with Gasteiger partial charge in [-0.2, -0.15) is 0 Å². The number of hydrogen-bond acceptors (Lipinski definition) is 5. The highest BCUT2D eigenvalue weighted by atomic mass is 35.5. The minimum Gasteiger partial charge on any atom is -0.449 e. The maximum atomic E-state index is 13.3. The fourth-order valence-corrected chi connectivity index (χ4v) is 3.07. The number of piperazine rings is 1. The molecule has 25 heavy (non-hydrogen) atoms. The molecule has 1 saturated heterocycles. The average molecular weight is 367 g/mol. The molecule has 0 atom stereocenters. The van der Waals surface area contributed by atoms with Crippen molar-refractivity contribution in [3.8, 4) is 0 Å². The minimum atomic E-state index is -0.473. The Morgan fingerprint density at radius 1 is 1.28 bits per heavy atom. The summed E-state index contributed by atoms with van der Waals surface area (Å²) in [5, 5.41) is 2.94. The third kappa shape index (κ3) is 5.26. The first-order chi connectivity index (χ1) is 12.0. The van der Waals surface area contributed by atoms with Crippen LogP contribution in [-0.2, 0) is 11.3 Å². The van der Waals surface area contributed by atoms with E-state index in [4.69, 9.17) is 16.0 Å². The van der Waals surface area contributed by atoms with Crippen LogP contribution in [0.4, 0.5) is 10.1 Å². The van der Waals surface area contributed by atoms with E-state index >= 15 is 0 Å². The maximum absolute atomic E-state index is 13.3. The van der Waals surface area contributed by atoms with Crippen molar-refractivity contribution in [3.63, 3.8) is 0 Å². The molecule has 0 aliphatic carbocycles. The van der Waals surface area contributed by atoms with E-state index in [0.29, 0.717) is 11.6 Å². The molecule has 1 aliphatic heterocycles. The second kappa shape index (κ2) is 7.95. The van der Waals surface area contributed by atoms with Crippen molar-refractivity contribution in [2.45, 2.75) is 13.5 Å². The van der Waals surface area contributed by atoms with Gasteiger partial charge in [-0.05, 0) is 18.2 Å². The number of aromatic nitrogens is 1. The fraction of sp³-hybridized carbons (Fsp3) is 0.412. The smallest absolute Gasteiger partial charge is 0.238 e. The van der Waals surface area contributed by atoms with Crippen molar-refractivity contribution >= 4 is 23.2 Å². The summed E-state index contributed by atoms with van der Waals surface area (Å²) in [6, 6.07) is 3.98. The molecule has 1 aromatic heterocycles. The van der Waals surface area contributed by atoms with E-state index < -0.39 is 5.82 Å². The molecule has 3 rings (SSSR count). The summed E-state index contributed by atoms with van der Waals surface area (Å²) < 4.78 is 18.5. The SMILES string of the molecule is Cc1nc(CN2CCN(CC(=O)Nc3cc(F)cc(Cl)c3)CC2)co1. The second-order valence-electron chi connectivity index (χ2n) is 6.12. The van der Waals surface area contributed by atoms with Crippen LogP contribution in [0.25, 0.3) is 0 Å². The first-order valence-corrected chi connectivity index (χ1v) is 8.47. The van der Waals surface area contributed by atoms with Crippen LogP contribution in [0, 0.1) is 12.7 Å². The van der Waals surface area contributed by atoms with E-state index in [-0.39, 0.29) is 17.5 Å². The first kappa shape index (κ1) is 17.8. The Balaban J connectivity index is 1.44. The molecule has 2 heterocycles. The molecule has 1 amide bonds. The van der Waals surface area contributed by atoms with Crippen molar-refractivity contribution in [1.82, 2.24) is 14.8 Å². The Kier molecular flexibility index (Phi) is 5.67. The standard InChI is InChI=1S/C17H20ClFN4O2/c1-12-20-16(11-25-12)9-22-2-4-23(5-3-22)10-17(24)21-15-7-13(18)6-14(19)8-15/h6-8,11H,2-5,9-10H2,1H3,(H,21,24). The zero-order valence-electron chi connectivity index (χ0n) is 14.0. The van der Waals surface area contributed by atoms with Crippen LogP contribution in [0.2, 0.25) is 5.02 Å². The maximum Gasteiger partial charge on any atom is 0.238 e. The molecule has 0 bridgehead atoms. The normalized spacial score (nSPS) is 16.1. The number of hydrogen-bond donors (Lipinski definition) is 1. The van der Waals surface area contributed by atoms with Crippen LogP contribution >= 0.6 is 11.6 Å². The Bertz CT molecular complexity index is 724. The highest BCUT2D eigenvalue weighted by Gasteiger charge is 2.20. The molecule has 1 aliphatic rings. The predicted octanol–water partition coefficient (Wildman–Crippen LogP) is 2.53. The lowest BCUT2D eigenvalue weighted by Crippen LogP contribution is -2.48. The molecule has 1 aromatic carbocycles. The summed E-state index contributed by atoms with van der Waals surface area (Å²) in [5.41, 5.74) is 1.29. The lowest BCUT2D eigenvalue weighted by Gasteiger charge is -2.33. The third-order valence-electron chi connectivity index (χ3n) is 4.03. The molecule has 2 aromatic rings. The molecule has 1 N–H and O–H groups in total. The number of amides is 1. The van der Waals surface area contributed by atoms with Gasteiger partial charge in [-0.25, -0.2) is 9.37 Å². The fourth-order valence-electron chi connectivity index (χ4n) is 2.85. The zero-order chi connectivity index (χ0) is 17.8. The number of nitrogens with zero attached hydrogens (tertiary/aromatic N) is 3. The Hall–Kier alpha value is -1.96. The van der Waals surface area contributed by atoms with Gasteiger partial charge in [0.1, 0.15) is 12.1 Å². The number of rotatable bonds is 5. The number of benzene rings is 1. The number of carbonyl (C=O) groups excluding carboxylic acids is 1. The lowest BCUT2D eigenvalue weighted by molar-refractivity contribution is -0.117. The third-order valence-corrected chi connectivity index (χ3v) is 4.25.